The molecule has 2 aromatic carbocycles. The number of rotatable bonds is 12. The van der Waals surface area contributed by atoms with Crippen molar-refractivity contribution in [3.05, 3.63) is 66.1 Å². The summed E-state index contributed by atoms with van der Waals surface area (Å²) < 4.78 is 51.6. The second kappa shape index (κ2) is 13.3. The summed E-state index contributed by atoms with van der Waals surface area (Å²) in [5.41, 5.74) is 2.90. The number of morpholine rings is 1. The number of aromatic nitrogens is 1. The van der Waals surface area contributed by atoms with Crippen LogP contribution in [-0.2, 0) is 26.1 Å². The minimum Gasteiger partial charge on any atom is -0.481 e. The summed E-state index contributed by atoms with van der Waals surface area (Å²) in [5, 5.41) is 29.7. The molecule has 0 saturated carbocycles. The van der Waals surface area contributed by atoms with E-state index in [9.17, 15) is 27.8 Å². The van der Waals surface area contributed by atoms with E-state index in [-0.39, 0.29) is 56.5 Å². The summed E-state index contributed by atoms with van der Waals surface area (Å²) in [5.74, 6) is -1.85. The van der Waals surface area contributed by atoms with Crippen LogP contribution in [-0.4, -0.2) is 77.1 Å². The number of benzene rings is 2. The number of carboxylic acid groups (broad SMARTS) is 1. The van der Waals surface area contributed by atoms with Crippen molar-refractivity contribution in [2.24, 2.45) is 0 Å². The molecular formula is C30H37FN2O7S. The molecule has 222 valence electrons. The molecule has 2 heterocycles. The molecule has 11 heteroatoms. The average molecular weight is 589 g/mol. The second-order valence-corrected chi connectivity index (χ2v) is 12.4. The zero-order valence-corrected chi connectivity index (χ0v) is 24.1. The summed E-state index contributed by atoms with van der Waals surface area (Å²) >= 11 is 0. The first kappa shape index (κ1) is 30.9. The van der Waals surface area contributed by atoms with Crippen LogP contribution in [0, 0.1) is 5.82 Å². The van der Waals surface area contributed by atoms with Gasteiger partial charge in [-0.2, -0.15) is 4.31 Å². The van der Waals surface area contributed by atoms with Crippen LogP contribution >= 0.6 is 0 Å². The van der Waals surface area contributed by atoms with E-state index < -0.39 is 40.4 Å². The number of aliphatic carboxylic acids is 1. The van der Waals surface area contributed by atoms with Crippen molar-refractivity contribution >= 4 is 16.0 Å². The standard InChI is InChI=1S/C30H37FN2O7S/c1-20(2)28-30(41(38,39)32-14-16-40-17-15-32)27(21-6-4-3-5-7-21)29(22-8-10-23(31)11-9-22)33(28)13-12-24(34)18-25(35)19-26(36)37/h3-11,20,24-25,34-35H,12-19H2,1-2H3,(H,36,37)/t24-,25-/m1/s1. The van der Waals surface area contributed by atoms with E-state index in [0.29, 0.717) is 28.1 Å². The molecule has 2 atom stereocenters. The van der Waals surface area contributed by atoms with Crippen molar-refractivity contribution in [3.8, 4) is 22.4 Å². The number of ether oxygens (including phenoxy) is 1. The van der Waals surface area contributed by atoms with Crippen molar-refractivity contribution in [1.29, 1.82) is 0 Å². The lowest BCUT2D eigenvalue weighted by molar-refractivity contribution is -0.139. The molecule has 1 aliphatic rings. The summed E-state index contributed by atoms with van der Waals surface area (Å²) in [6, 6.07) is 15.0. The Morgan fingerprint density at radius 1 is 0.976 bits per heavy atom. The van der Waals surface area contributed by atoms with E-state index in [1.165, 1.54) is 16.4 Å². The molecule has 4 rings (SSSR count). The Hall–Kier alpha value is -3.09. The minimum absolute atomic E-state index is 0.130. The molecule has 0 aliphatic carbocycles. The van der Waals surface area contributed by atoms with Gasteiger partial charge in [0.25, 0.3) is 0 Å². The highest BCUT2D eigenvalue weighted by molar-refractivity contribution is 7.89. The predicted octanol–water partition coefficient (Wildman–Crippen LogP) is 4.08. The van der Waals surface area contributed by atoms with E-state index >= 15 is 0 Å². The van der Waals surface area contributed by atoms with Gasteiger partial charge in [-0.3, -0.25) is 4.79 Å². The van der Waals surface area contributed by atoms with Gasteiger partial charge >= 0.3 is 5.97 Å². The Balaban J connectivity index is 1.94. The first-order chi connectivity index (χ1) is 19.5. The smallest absolute Gasteiger partial charge is 0.305 e. The molecule has 3 N–H and O–H groups in total. The van der Waals surface area contributed by atoms with Gasteiger partial charge in [-0.05, 0) is 54.2 Å². The fourth-order valence-electron chi connectivity index (χ4n) is 5.37. The topological polar surface area (TPSA) is 129 Å². The highest BCUT2D eigenvalue weighted by Crippen LogP contribution is 2.45. The summed E-state index contributed by atoms with van der Waals surface area (Å²) in [6.07, 6.45) is -2.75. The van der Waals surface area contributed by atoms with Gasteiger partial charge in [0.05, 0.1) is 37.5 Å². The molecule has 9 nitrogen and oxygen atoms in total. The zero-order valence-electron chi connectivity index (χ0n) is 23.2. The number of hydrogen-bond acceptors (Lipinski definition) is 6. The fourth-order valence-corrected chi connectivity index (χ4v) is 7.34. The second-order valence-electron chi connectivity index (χ2n) is 10.6. The van der Waals surface area contributed by atoms with E-state index in [1.807, 2.05) is 48.7 Å². The lowest BCUT2D eigenvalue weighted by atomic mass is 10.0. The Labute approximate surface area is 239 Å². The van der Waals surface area contributed by atoms with Crippen LogP contribution in [0.2, 0.25) is 0 Å². The number of sulfonamides is 1. The van der Waals surface area contributed by atoms with E-state index in [4.69, 9.17) is 9.84 Å². The van der Waals surface area contributed by atoms with Crippen LogP contribution in [0.1, 0.15) is 44.7 Å². The van der Waals surface area contributed by atoms with E-state index in [0.717, 1.165) is 0 Å². The number of aliphatic hydroxyl groups is 2. The van der Waals surface area contributed by atoms with Gasteiger partial charge in [-0.25, -0.2) is 12.8 Å². The van der Waals surface area contributed by atoms with Crippen molar-refractivity contribution in [1.82, 2.24) is 8.87 Å². The minimum atomic E-state index is -4.01. The van der Waals surface area contributed by atoms with Gasteiger partial charge in [0.15, 0.2) is 0 Å². The highest BCUT2D eigenvalue weighted by Gasteiger charge is 2.37. The van der Waals surface area contributed by atoms with Gasteiger partial charge < -0.3 is 24.6 Å². The number of halogens is 1. The largest absolute Gasteiger partial charge is 0.481 e. The Morgan fingerprint density at radius 2 is 1.61 bits per heavy atom. The third-order valence-electron chi connectivity index (χ3n) is 7.19. The van der Waals surface area contributed by atoms with Gasteiger partial charge in [0.2, 0.25) is 10.0 Å². The quantitative estimate of drug-likeness (QED) is 0.291. The maximum absolute atomic E-state index is 14.4. The molecule has 0 spiro atoms. The van der Waals surface area contributed by atoms with Crippen LogP contribution in [0.25, 0.3) is 22.4 Å². The van der Waals surface area contributed by atoms with Gasteiger partial charge in [0, 0.05) is 30.9 Å². The third kappa shape index (κ3) is 7.04. The van der Waals surface area contributed by atoms with Gasteiger partial charge in [0.1, 0.15) is 10.7 Å². The van der Waals surface area contributed by atoms with Crippen LogP contribution in [0.4, 0.5) is 4.39 Å². The number of carboxylic acids is 1. The molecule has 0 amide bonds. The van der Waals surface area contributed by atoms with Crippen molar-refractivity contribution in [2.45, 2.75) is 62.7 Å². The number of nitrogens with zero attached hydrogens (tertiary/aromatic N) is 2. The molecular weight excluding hydrogens is 551 g/mol. The lowest BCUT2D eigenvalue weighted by Gasteiger charge is -2.27. The zero-order chi connectivity index (χ0) is 29.7. The van der Waals surface area contributed by atoms with Gasteiger partial charge in [-0.1, -0.05) is 44.2 Å². The van der Waals surface area contributed by atoms with Crippen LogP contribution in [0.15, 0.2) is 59.5 Å². The van der Waals surface area contributed by atoms with Crippen LogP contribution in [0.3, 0.4) is 0 Å². The first-order valence-corrected chi connectivity index (χ1v) is 15.2. The first-order valence-electron chi connectivity index (χ1n) is 13.7. The Bertz CT molecular complexity index is 1430. The van der Waals surface area contributed by atoms with Crippen LogP contribution < -0.4 is 0 Å². The summed E-state index contributed by atoms with van der Waals surface area (Å²) in [7, 11) is -4.01. The van der Waals surface area contributed by atoms with E-state index in [2.05, 4.69) is 0 Å². The molecule has 3 aromatic rings. The maximum atomic E-state index is 14.4. The van der Waals surface area contributed by atoms with E-state index in [1.54, 1.807) is 12.1 Å². The average Bonchev–Trinajstić information content (AvgIpc) is 3.29. The fraction of sp³-hybridized carbons (Fsp3) is 0.433. The highest BCUT2D eigenvalue weighted by atomic mass is 32.2. The molecule has 41 heavy (non-hydrogen) atoms. The van der Waals surface area contributed by atoms with Crippen molar-refractivity contribution in [2.75, 3.05) is 26.3 Å². The Kier molecular flexibility index (Phi) is 9.98. The molecule has 0 radical (unpaired) electrons. The maximum Gasteiger partial charge on any atom is 0.305 e. The van der Waals surface area contributed by atoms with Crippen LogP contribution in [0.5, 0.6) is 0 Å². The van der Waals surface area contributed by atoms with Gasteiger partial charge in [-0.15, -0.1) is 0 Å². The lowest BCUT2D eigenvalue weighted by Crippen LogP contribution is -2.41. The third-order valence-corrected chi connectivity index (χ3v) is 9.17. The molecule has 0 unspecified atom stereocenters. The Morgan fingerprint density at radius 3 is 2.20 bits per heavy atom. The summed E-state index contributed by atoms with van der Waals surface area (Å²) in [6.45, 7) is 4.98. The SMILES string of the molecule is CC(C)c1c(S(=O)(=O)N2CCOCC2)c(-c2ccccc2)c(-c2ccc(F)cc2)n1CC[C@@H](O)C[C@@H](O)CC(=O)O. The van der Waals surface area contributed by atoms with Crippen molar-refractivity contribution < 1.29 is 37.7 Å². The normalized spacial score (nSPS) is 16.1. The van der Waals surface area contributed by atoms with Crippen molar-refractivity contribution in [3.63, 3.8) is 0 Å². The molecule has 1 aliphatic heterocycles. The predicted molar refractivity (Wildman–Crippen MR) is 152 cm³/mol. The molecule has 1 aromatic heterocycles. The molecule has 1 saturated heterocycles. The number of carbonyl (C=O) groups is 1. The molecule has 0 bridgehead atoms. The monoisotopic (exact) mass is 588 g/mol. The number of aliphatic hydroxyl groups excluding tert-OH is 2. The summed E-state index contributed by atoms with van der Waals surface area (Å²) in [4.78, 5) is 11.1. The number of hydrogen-bond donors (Lipinski definition) is 3. The molecule has 1 fully saturated rings.